The van der Waals surface area contributed by atoms with Crippen molar-refractivity contribution in [3.63, 3.8) is 0 Å². The van der Waals surface area contributed by atoms with Crippen LogP contribution in [0.4, 0.5) is 5.69 Å². The van der Waals surface area contributed by atoms with Crippen LogP contribution in [0.5, 0.6) is 0 Å². The molecule has 0 radical (unpaired) electrons. The molecule has 1 heterocycles. The van der Waals surface area contributed by atoms with Crippen LogP contribution < -0.4 is 5.32 Å². The minimum absolute atomic E-state index is 0.0352. The largest absolute Gasteiger partial charge is 0.384 e. The van der Waals surface area contributed by atoms with E-state index in [0.29, 0.717) is 12.2 Å². The van der Waals surface area contributed by atoms with Crippen LogP contribution in [-0.4, -0.2) is 25.3 Å². The summed E-state index contributed by atoms with van der Waals surface area (Å²) >= 11 is 0. The summed E-state index contributed by atoms with van der Waals surface area (Å²) in [4.78, 5) is 11.2. The first-order chi connectivity index (χ1) is 8.13. The third-order valence-corrected chi connectivity index (χ3v) is 4.12. The lowest BCUT2D eigenvalue weighted by molar-refractivity contribution is 0.101. The van der Waals surface area contributed by atoms with E-state index in [1.54, 1.807) is 6.07 Å². The Hall–Kier alpha value is -1.40. The van der Waals surface area contributed by atoms with E-state index in [0.717, 1.165) is 5.56 Å². The standard InChI is InChI=1S/C12H15NO4S/c1-7(14)8-4-9-10(13-6-12(9,2)3)5-11(8)18(15,16)17/h4-5,13H,6H2,1-3H3,(H,15,16,17). The molecule has 98 valence electrons. The number of benzene rings is 1. The zero-order valence-corrected chi connectivity index (χ0v) is 11.3. The normalized spacial score (nSPS) is 17.1. The number of ketones is 1. The molecule has 1 aromatic rings. The average molecular weight is 269 g/mol. The highest BCUT2D eigenvalue weighted by Gasteiger charge is 2.33. The number of carbonyl (C=O) groups is 1. The van der Waals surface area contributed by atoms with Gasteiger partial charge in [-0.1, -0.05) is 13.8 Å². The summed E-state index contributed by atoms with van der Waals surface area (Å²) in [5, 5.41) is 3.08. The lowest BCUT2D eigenvalue weighted by atomic mass is 9.86. The summed E-state index contributed by atoms with van der Waals surface area (Å²) in [5.74, 6) is -0.381. The fraction of sp³-hybridized carbons (Fsp3) is 0.417. The maximum Gasteiger partial charge on any atom is 0.295 e. The summed E-state index contributed by atoms with van der Waals surface area (Å²) < 4.78 is 31.8. The zero-order valence-electron chi connectivity index (χ0n) is 10.4. The first kappa shape index (κ1) is 13.0. The van der Waals surface area contributed by atoms with Gasteiger partial charge in [0.2, 0.25) is 0 Å². The molecule has 0 fully saturated rings. The van der Waals surface area contributed by atoms with E-state index in [9.17, 15) is 17.8 Å². The molecule has 2 N–H and O–H groups in total. The second kappa shape index (κ2) is 3.80. The van der Waals surface area contributed by atoms with E-state index < -0.39 is 10.1 Å². The van der Waals surface area contributed by atoms with Crippen LogP contribution in [-0.2, 0) is 15.5 Å². The number of Topliss-reactive ketones (excluding diaryl/α,β-unsaturated/α-hetero) is 1. The van der Waals surface area contributed by atoms with Gasteiger partial charge in [-0.2, -0.15) is 8.42 Å². The molecule has 0 bridgehead atoms. The van der Waals surface area contributed by atoms with Crippen LogP contribution >= 0.6 is 0 Å². The Morgan fingerprint density at radius 2 is 2.00 bits per heavy atom. The number of fused-ring (bicyclic) bond motifs is 1. The Labute approximate surface area is 106 Å². The van der Waals surface area contributed by atoms with Gasteiger partial charge in [0.15, 0.2) is 5.78 Å². The smallest absolute Gasteiger partial charge is 0.295 e. The van der Waals surface area contributed by atoms with Crippen LogP contribution in [0.3, 0.4) is 0 Å². The first-order valence-corrected chi connectivity index (χ1v) is 6.98. The topological polar surface area (TPSA) is 83.5 Å². The van der Waals surface area contributed by atoms with Gasteiger partial charge in [-0.3, -0.25) is 9.35 Å². The Morgan fingerprint density at radius 1 is 1.39 bits per heavy atom. The fourth-order valence-corrected chi connectivity index (χ4v) is 2.93. The molecule has 6 heteroatoms. The Kier molecular flexibility index (Phi) is 2.75. The van der Waals surface area contributed by atoms with E-state index >= 15 is 0 Å². The predicted molar refractivity (Wildman–Crippen MR) is 67.8 cm³/mol. The average Bonchev–Trinajstić information content (AvgIpc) is 2.52. The van der Waals surface area contributed by atoms with Gasteiger partial charge < -0.3 is 5.32 Å². The number of hydrogen-bond donors (Lipinski definition) is 2. The van der Waals surface area contributed by atoms with Gasteiger partial charge >= 0.3 is 0 Å². The number of anilines is 1. The molecule has 18 heavy (non-hydrogen) atoms. The number of carbonyl (C=O) groups excluding carboxylic acids is 1. The summed E-state index contributed by atoms with van der Waals surface area (Å²) in [7, 11) is -4.40. The van der Waals surface area contributed by atoms with Crippen molar-refractivity contribution in [2.24, 2.45) is 0 Å². The molecule has 0 saturated carbocycles. The highest BCUT2D eigenvalue weighted by atomic mass is 32.2. The van der Waals surface area contributed by atoms with Crippen LogP contribution in [0.1, 0.15) is 36.7 Å². The molecule has 0 saturated heterocycles. The summed E-state index contributed by atoms with van der Waals surface area (Å²) in [6, 6.07) is 2.89. The van der Waals surface area contributed by atoms with Crippen LogP contribution in [0, 0.1) is 0 Å². The highest BCUT2D eigenvalue weighted by molar-refractivity contribution is 7.86. The number of rotatable bonds is 2. The maximum atomic E-state index is 11.5. The summed E-state index contributed by atoms with van der Waals surface area (Å²) in [6.07, 6.45) is 0. The lowest BCUT2D eigenvalue weighted by Gasteiger charge is -2.18. The van der Waals surface area contributed by atoms with Gasteiger partial charge in [0, 0.05) is 23.2 Å². The molecule has 0 aromatic heterocycles. The highest BCUT2D eigenvalue weighted by Crippen LogP contribution is 2.39. The van der Waals surface area contributed by atoms with Crippen molar-refractivity contribution in [1.29, 1.82) is 0 Å². The van der Waals surface area contributed by atoms with Gasteiger partial charge in [-0.15, -0.1) is 0 Å². The van der Waals surface area contributed by atoms with Crippen molar-refractivity contribution in [2.45, 2.75) is 31.1 Å². The zero-order chi connectivity index (χ0) is 13.7. The number of nitrogens with one attached hydrogen (secondary N) is 1. The molecule has 0 aliphatic carbocycles. The Bertz CT molecular complexity index is 632. The van der Waals surface area contributed by atoms with Crippen molar-refractivity contribution in [3.8, 4) is 0 Å². The van der Waals surface area contributed by atoms with E-state index in [2.05, 4.69) is 5.32 Å². The SMILES string of the molecule is CC(=O)c1cc2c(cc1S(=O)(=O)O)NCC2(C)C. The van der Waals surface area contributed by atoms with Crippen LogP contribution in [0.2, 0.25) is 0 Å². The van der Waals surface area contributed by atoms with E-state index in [-0.39, 0.29) is 21.7 Å². The minimum Gasteiger partial charge on any atom is -0.384 e. The molecule has 5 nitrogen and oxygen atoms in total. The molecular formula is C12H15NO4S. The fourth-order valence-electron chi connectivity index (χ4n) is 2.19. The van der Waals surface area contributed by atoms with Crippen molar-refractivity contribution < 1.29 is 17.8 Å². The van der Waals surface area contributed by atoms with E-state index in [4.69, 9.17) is 0 Å². The van der Waals surface area contributed by atoms with Gasteiger partial charge in [0.05, 0.1) is 0 Å². The molecule has 1 aliphatic rings. The van der Waals surface area contributed by atoms with E-state index in [1.807, 2.05) is 13.8 Å². The Morgan fingerprint density at radius 3 is 2.50 bits per heavy atom. The third-order valence-electron chi connectivity index (χ3n) is 3.23. The predicted octanol–water partition coefficient (Wildman–Crippen LogP) is 1.84. The third kappa shape index (κ3) is 2.02. The summed E-state index contributed by atoms with van der Waals surface area (Å²) in [5.41, 5.74) is 1.41. The van der Waals surface area contributed by atoms with Crippen LogP contribution in [0.15, 0.2) is 17.0 Å². The second-order valence-electron chi connectivity index (χ2n) is 5.16. The first-order valence-electron chi connectivity index (χ1n) is 5.54. The molecule has 1 aromatic carbocycles. The van der Waals surface area contributed by atoms with Crippen molar-refractivity contribution in [3.05, 3.63) is 23.3 Å². The molecule has 0 amide bonds. The van der Waals surface area contributed by atoms with Gasteiger partial charge in [0.25, 0.3) is 10.1 Å². The molecule has 1 aliphatic heterocycles. The van der Waals surface area contributed by atoms with Gasteiger partial charge in [0.1, 0.15) is 4.90 Å². The van der Waals surface area contributed by atoms with Crippen LogP contribution in [0.25, 0.3) is 0 Å². The van der Waals surface area contributed by atoms with Gasteiger partial charge in [-0.05, 0) is 24.6 Å². The molecule has 0 unspecified atom stereocenters. The van der Waals surface area contributed by atoms with Crippen molar-refractivity contribution >= 4 is 21.6 Å². The number of hydrogen-bond acceptors (Lipinski definition) is 4. The molecule has 0 spiro atoms. The van der Waals surface area contributed by atoms with Crippen molar-refractivity contribution in [1.82, 2.24) is 0 Å². The Balaban J connectivity index is 2.77. The molecule has 0 atom stereocenters. The lowest BCUT2D eigenvalue weighted by Crippen LogP contribution is -2.19. The van der Waals surface area contributed by atoms with Crippen molar-refractivity contribution in [2.75, 3.05) is 11.9 Å². The minimum atomic E-state index is -4.40. The molecule has 2 rings (SSSR count). The van der Waals surface area contributed by atoms with Gasteiger partial charge in [-0.25, -0.2) is 0 Å². The summed E-state index contributed by atoms with van der Waals surface area (Å²) in [6.45, 7) is 5.95. The van der Waals surface area contributed by atoms with E-state index in [1.165, 1.54) is 13.0 Å². The molecular weight excluding hydrogens is 254 g/mol. The quantitative estimate of drug-likeness (QED) is 0.632. The maximum absolute atomic E-state index is 11.5. The second-order valence-corrected chi connectivity index (χ2v) is 6.55. The monoisotopic (exact) mass is 269 g/mol.